The molecule has 11 N–H and O–H groups in total. The van der Waals surface area contributed by atoms with Crippen molar-refractivity contribution in [2.45, 2.75) is 43.4 Å². The molecule has 31 heavy (non-hydrogen) atoms. The van der Waals surface area contributed by atoms with Crippen molar-refractivity contribution in [1.82, 2.24) is 16.0 Å². The number of aliphatic carboxylic acids is 2. The van der Waals surface area contributed by atoms with Crippen LogP contribution in [-0.2, 0) is 33.6 Å². The number of carboxylic acids is 2. The van der Waals surface area contributed by atoms with Crippen LogP contribution in [-0.4, -0.2) is 81.6 Å². The summed E-state index contributed by atoms with van der Waals surface area (Å²) in [4.78, 5) is 80.5. The van der Waals surface area contributed by atoms with Crippen LogP contribution in [0.5, 0.6) is 0 Å². The minimum absolute atomic E-state index is 0.337. The summed E-state index contributed by atoms with van der Waals surface area (Å²) in [7, 11) is 0. The average Bonchev–Trinajstić information content (AvgIpc) is 2.63. The van der Waals surface area contributed by atoms with Crippen molar-refractivity contribution in [2.24, 2.45) is 17.2 Å². The van der Waals surface area contributed by atoms with E-state index in [1.165, 1.54) is 0 Å². The van der Waals surface area contributed by atoms with E-state index >= 15 is 0 Å². The van der Waals surface area contributed by atoms with Gasteiger partial charge in [0, 0.05) is 5.75 Å². The molecule has 0 bridgehead atoms. The summed E-state index contributed by atoms with van der Waals surface area (Å²) >= 11 is 3.87. The normalized spacial score (nSPS) is 14.3. The van der Waals surface area contributed by atoms with Crippen molar-refractivity contribution in [2.75, 3.05) is 5.75 Å². The van der Waals surface area contributed by atoms with E-state index in [9.17, 15) is 33.6 Å². The second-order valence-electron chi connectivity index (χ2n) is 6.25. The average molecular weight is 464 g/mol. The smallest absolute Gasteiger partial charge is 0.326 e. The molecule has 0 aromatic heterocycles. The van der Waals surface area contributed by atoms with Gasteiger partial charge in [-0.2, -0.15) is 12.6 Å². The van der Waals surface area contributed by atoms with Gasteiger partial charge in [0.25, 0.3) is 0 Å². The molecule has 0 saturated heterocycles. The number of rotatable bonds is 14. The zero-order chi connectivity index (χ0) is 24.3. The highest BCUT2D eigenvalue weighted by molar-refractivity contribution is 7.80. The van der Waals surface area contributed by atoms with E-state index in [0.29, 0.717) is 0 Å². The molecule has 0 saturated carbocycles. The number of carbonyl (C=O) groups is 7. The lowest BCUT2D eigenvalue weighted by molar-refractivity contribution is -0.143. The Bertz CT molecular complexity index is 746. The number of primary amides is 2. The first-order valence-electron chi connectivity index (χ1n) is 8.57. The molecule has 0 aliphatic rings. The van der Waals surface area contributed by atoms with Crippen LogP contribution in [0, 0.1) is 0 Å². The van der Waals surface area contributed by atoms with Crippen LogP contribution < -0.4 is 33.2 Å². The van der Waals surface area contributed by atoms with Crippen molar-refractivity contribution in [3.05, 3.63) is 0 Å². The second kappa shape index (κ2) is 13.0. The summed E-state index contributed by atoms with van der Waals surface area (Å²) in [6.07, 6.45) is -2.18. The first-order valence-corrected chi connectivity index (χ1v) is 9.20. The molecule has 15 nitrogen and oxygen atoms in total. The molecule has 16 heteroatoms. The van der Waals surface area contributed by atoms with Crippen LogP contribution in [0.15, 0.2) is 0 Å². The van der Waals surface area contributed by atoms with E-state index in [0.717, 1.165) is 0 Å². The first kappa shape index (κ1) is 27.6. The monoisotopic (exact) mass is 464 g/mol. The molecule has 4 unspecified atom stereocenters. The minimum Gasteiger partial charge on any atom is -0.481 e. The fourth-order valence-electron chi connectivity index (χ4n) is 2.11. The van der Waals surface area contributed by atoms with Gasteiger partial charge in [0.1, 0.15) is 18.1 Å². The lowest BCUT2D eigenvalue weighted by Crippen LogP contribution is -2.58. The standard InChI is InChI=1S/C15H24N6O9S/c16-5(1-11(24)25)12(26)19-6(2-9(17)22)13(27)21-8(4-31)14(28)20-7(15(29)30)3-10(18)23/h5-8,31H,1-4,16H2,(H2,17,22)(H2,18,23)(H,19,26)(H,20,28)(H,21,27)(H,24,25)(H,29,30). The van der Waals surface area contributed by atoms with Gasteiger partial charge in [-0.1, -0.05) is 0 Å². The molecular formula is C15H24N6O9S. The molecule has 4 atom stereocenters. The summed E-state index contributed by atoms with van der Waals surface area (Å²) < 4.78 is 0. The number of amides is 5. The van der Waals surface area contributed by atoms with Crippen LogP contribution in [0.1, 0.15) is 19.3 Å². The zero-order valence-electron chi connectivity index (χ0n) is 16.1. The van der Waals surface area contributed by atoms with Crippen molar-refractivity contribution in [1.29, 1.82) is 0 Å². The van der Waals surface area contributed by atoms with E-state index in [2.05, 4.69) is 23.3 Å². The molecule has 0 radical (unpaired) electrons. The van der Waals surface area contributed by atoms with Crippen LogP contribution in [0.3, 0.4) is 0 Å². The molecule has 0 heterocycles. The molecule has 0 aromatic rings. The number of hydrogen-bond donors (Lipinski definition) is 9. The van der Waals surface area contributed by atoms with Gasteiger partial charge in [0.15, 0.2) is 0 Å². The minimum atomic E-state index is -1.67. The zero-order valence-corrected chi connectivity index (χ0v) is 17.0. The topological polar surface area (TPSA) is 274 Å². The molecule has 0 aliphatic carbocycles. The van der Waals surface area contributed by atoms with E-state index < -0.39 is 84.9 Å². The summed E-state index contributed by atoms with van der Waals surface area (Å²) in [6.45, 7) is 0. The first-order chi connectivity index (χ1) is 14.3. The van der Waals surface area contributed by atoms with E-state index in [1.54, 1.807) is 0 Å². The Balaban J connectivity index is 5.29. The quantitative estimate of drug-likeness (QED) is 0.110. The number of hydrogen-bond acceptors (Lipinski definition) is 9. The number of nitrogens with one attached hydrogen (secondary N) is 3. The molecule has 0 spiro atoms. The highest BCUT2D eigenvalue weighted by Gasteiger charge is 2.31. The Morgan fingerprint density at radius 1 is 0.710 bits per heavy atom. The van der Waals surface area contributed by atoms with Crippen LogP contribution >= 0.6 is 12.6 Å². The third-order valence-corrected chi connectivity index (χ3v) is 3.97. The molecule has 5 amide bonds. The second-order valence-corrected chi connectivity index (χ2v) is 6.61. The van der Waals surface area contributed by atoms with Gasteiger partial charge in [-0.25, -0.2) is 4.79 Å². The summed E-state index contributed by atoms with van der Waals surface area (Å²) in [5.41, 5.74) is 15.3. The van der Waals surface area contributed by atoms with Gasteiger partial charge in [-0.3, -0.25) is 28.8 Å². The van der Waals surface area contributed by atoms with Gasteiger partial charge in [-0.05, 0) is 0 Å². The maximum absolute atomic E-state index is 12.4. The number of nitrogens with two attached hydrogens (primary N) is 3. The number of carboxylic acid groups (broad SMARTS) is 2. The lowest BCUT2D eigenvalue weighted by atomic mass is 10.1. The molecule has 0 aliphatic heterocycles. The van der Waals surface area contributed by atoms with Crippen LogP contribution in [0.2, 0.25) is 0 Å². The van der Waals surface area contributed by atoms with Crippen LogP contribution in [0.4, 0.5) is 0 Å². The molecule has 0 rings (SSSR count). The summed E-state index contributed by atoms with van der Waals surface area (Å²) in [5, 5.41) is 23.9. The Morgan fingerprint density at radius 2 is 1.13 bits per heavy atom. The van der Waals surface area contributed by atoms with Crippen molar-refractivity contribution in [3.63, 3.8) is 0 Å². The SMILES string of the molecule is NC(=O)CC(NC(=O)C(CS)NC(=O)C(CC(N)=O)NC(=O)C(N)CC(=O)O)C(=O)O. The lowest BCUT2D eigenvalue weighted by Gasteiger charge is -2.23. The summed E-state index contributed by atoms with van der Waals surface area (Å²) in [5.74, 6) is -8.46. The van der Waals surface area contributed by atoms with Gasteiger partial charge in [0.05, 0.1) is 25.3 Å². The third-order valence-electron chi connectivity index (χ3n) is 3.61. The fourth-order valence-corrected chi connectivity index (χ4v) is 2.37. The van der Waals surface area contributed by atoms with Gasteiger partial charge >= 0.3 is 11.9 Å². The van der Waals surface area contributed by atoms with Gasteiger partial charge in [-0.15, -0.1) is 0 Å². The predicted molar refractivity (Wildman–Crippen MR) is 105 cm³/mol. The predicted octanol–water partition coefficient (Wildman–Crippen LogP) is -4.99. The number of thiol groups is 1. The van der Waals surface area contributed by atoms with Gasteiger partial charge in [0.2, 0.25) is 29.5 Å². The van der Waals surface area contributed by atoms with Gasteiger partial charge < -0.3 is 43.4 Å². The van der Waals surface area contributed by atoms with Crippen molar-refractivity contribution in [3.8, 4) is 0 Å². The highest BCUT2D eigenvalue weighted by Crippen LogP contribution is 2.00. The Hall–Kier alpha value is -3.40. The highest BCUT2D eigenvalue weighted by atomic mass is 32.1. The third kappa shape index (κ3) is 10.8. The van der Waals surface area contributed by atoms with E-state index in [1.807, 2.05) is 5.32 Å². The Kier molecular flexibility index (Phi) is 11.6. The Morgan fingerprint density at radius 3 is 1.55 bits per heavy atom. The molecular weight excluding hydrogens is 440 g/mol. The fraction of sp³-hybridized carbons (Fsp3) is 0.533. The molecule has 0 aromatic carbocycles. The maximum Gasteiger partial charge on any atom is 0.326 e. The summed E-state index contributed by atoms with van der Waals surface area (Å²) in [6, 6.07) is -6.25. The molecule has 0 fully saturated rings. The van der Waals surface area contributed by atoms with E-state index in [-0.39, 0.29) is 5.75 Å². The molecule has 174 valence electrons. The van der Waals surface area contributed by atoms with Crippen molar-refractivity contribution < 1.29 is 43.8 Å². The maximum atomic E-state index is 12.4. The number of carbonyl (C=O) groups excluding carboxylic acids is 5. The Labute approximate surface area is 180 Å². The largest absolute Gasteiger partial charge is 0.481 e. The van der Waals surface area contributed by atoms with Crippen LogP contribution in [0.25, 0.3) is 0 Å². The van der Waals surface area contributed by atoms with E-state index in [4.69, 9.17) is 27.4 Å². The van der Waals surface area contributed by atoms with Crippen molar-refractivity contribution >= 4 is 54.1 Å².